The van der Waals surface area contributed by atoms with E-state index in [0.717, 1.165) is 23.4 Å². The standard InChI is InChI=1S/C32H38N4O3/c1-6-29(35(21-20-22(3)4)32(38)34-27-14-10-8-12-23(27)5)30-33-28-15-11-9-13-26(28)31(37)36(30)24-16-18-25(19-17-24)39-7-2/h8-19,22,29H,6-7,20-21H2,1-5H3,(H,34,38). The molecule has 4 rings (SSSR count). The number of rotatable bonds is 10. The second-order valence-electron chi connectivity index (χ2n) is 10.1. The summed E-state index contributed by atoms with van der Waals surface area (Å²) in [5.41, 5.74) is 2.88. The van der Waals surface area contributed by atoms with Gasteiger partial charge in [0.25, 0.3) is 5.56 Å². The van der Waals surface area contributed by atoms with E-state index in [0.29, 0.717) is 47.9 Å². The maximum atomic E-state index is 13.9. The summed E-state index contributed by atoms with van der Waals surface area (Å²) in [6.45, 7) is 11.3. The molecule has 0 radical (unpaired) electrons. The second kappa shape index (κ2) is 12.6. The van der Waals surface area contributed by atoms with E-state index in [4.69, 9.17) is 9.72 Å². The van der Waals surface area contributed by atoms with Crippen LogP contribution >= 0.6 is 0 Å². The van der Waals surface area contributed by atoms with Crippen LogP contribution < -0.4 is 15.6 Å². The molecule has 2 amide bonds. The molecule has 204 valence electrons. The smallest absolute Gasteiger partial charge is 0.322 e. The number of urea groups is 1. The Morgan fingerprint density at radius 3 is 2.36 bits per heavy atom. The van der Waals surface area contributed by atoms with Crippen LogP contribution in [-0.4, -0.2) is 33.6 Å². The molecule has 7 nitrogen and oxygen atoms in total. The van der Waals surface area contributed by atoms with Crippen LogP contribution in [0.25, 0.3) is 16.6 Å². The molecule has 1 heterocycles. The molecule has 7 heteroatoms. The van der Waals surface area contributed by atoms with E-state index in [1.165, 1.54) is 0 Å². The van der Waals surface area contributed by atoms with Crippen molar-refractivity contribution < 1.29 is 9.53 Å². The number of carbonyl (C=O) groups is 1. The molecule has 0 aliphatic carbocycles. The van der Waals surface area contributed by atoms with Gasteiger partial charge in [-0.3, -0.25) is 9.36 Å². The van der Waals surface area contributed by atoms with E-state index in [2.05, 4.69) is 19.2 Å². The van der Waals surface area contributed by atoms with Crippen molar-refractivity contribution in [1.82, 2.24) is 14.5 Å². The minimum atomic E-state index is -0.434. The number of benzene rings is 3. The average molecular weight is 527 g/mol. The number of ether oxygens (including phenoxy) is 1. The van der Waals surface area contributed by atoms with E-state index in [9.17, 15) is 9.59 Å². The Hall–Kier alpha value is -4.13. The predicted molar refractivity (Wildman–Crippen MR) is 158 cm³/mol. The summed E-state index contributed by atoms with van der Waals surface area (Å²) < 4.78 is 7.27. The monoisotopic (exact) mass is 526 g/mol. The lowest BCUT2D eigenvalue weighted by Crippen LogP contribution is -2.41. The fraction of sp³-hybridized carbons (Fsp3) is 0.344. The van der Waals surface area contributed by atoms with Crippen molar-refractivity contribution in [2.75, 3.05) is 18.5 Å². The Morgan fingerprint density at radius 2 is 1.69 bits per heavy atom. The first-order valence-corrected chi connectivity index (χ1v) is 13.7. The molecule has 3 aromatic carbocycles. The molecule has 0 saturated carbocycles. The van der Waals surface area contributed by atoms with Gasteiger partial charge in [0.05, 0.1) is 29.2 Å². The molecule has 1 atom stereocenters. The molecule has 0 spiro atoms. The van der Waals surface area contributed by atoms with Crippen LogP contribution in [0.2, 0.25) is 0 Å². The number of aryl methyl sites for hydroxylation is 1. The van der Waals surface area contributed by atoms with Crippen molar-refractivity contribution in [2.45, 2.75) is 53.5 Å². The number of aromatic nitrogens is 2. The molecular weight excluding hydrogens is 488 g/mol. The molecule has 39 heavy (non-hydrogen) atoms. The van der Waals surface area contributed by atoms with Gasteiger partial charge in [0, 0.05) is 12.2 Å². The van der Waals surface area contributed by atoms with Gasteiger partial charge >= 0.3 is 6.03 Å². The predicted octanol–water partition coefficient (Wildman–Crippen LogP) is 7.12. The number of hydrogen-bond donors (Lipinski definition) is 1. The number of carbonyl (C=O) groups excluding carboxylic acids is 1. The highest BCUT2D eigenvalue weighted by Crippen LogP contribution is 2.28. The first-order chi connectivity index (χ1) is 18.8. The summed E-state index contributed by atoms with van der Waals surface area (Å²) in [6.07, 6.45) is 1.40. The summed E-state index contributed by atoms with van der Waals surface area (Å²) in [4.78, 5) is 34.6. The number of anilines is 1. The molecule has 0 aliphatic rings. The third kappa shape index (κ3) is 6.30. The Bertz CT molecular complexity index is 1480. The lowest BCUT2D eigenvalue weighted by atomic mass is 10.1. The van der Waals surface area contributed by atoms with Gasteiger partial charge < -0.3 is 15.0 Å². The van der Waals surface area contributed by atoms with E-state index < -0.39 is 6.04 Å². The number of amides is 2. The summed E-state index contributed by atoms with van der Waals surface area (Å²) >= 11 is 0. The van der Waals surface area contributed by atoms with Crippen molar-refractivity contribution in [2.24, 2.45) is 5.92 Å². The van der Waals surface area contributed by atoms with Crippen molar-refractivity contribution in [1.29, 1.82) is 0 Å². The van der Waals surface area contributed by atoms with E-state index >= 15 is 0 Å². The summed E-state index contributed by atoms with van der Waals surface area (Å²) in [7, 11) is 0. The third-order valence-corrected chi connectivity index (χ3v) is 6.86. The number of nitrogens with one attached hydrogen (secondary N) is 1. The SMILES string of the molecule is CCOc1ccc(-n2c(C(CC)N(CCC(C)C)C(=O)Nc3ccccc3C)nc3ccccc3c2=O)cc1. The first-order valence-electron chi connectivity index (χ1n) is 13.7. The second-order valence-corrected chi connectivity index (χ2v) is 10.1. The van der Waals surface area contributed by atoms with Crippen LogP contribution in [0.5, 0.6) is 5.75 Å². The first kappa shape index (κ1) is 27.9. The topological polar surface area (TPSA) is 76.5 Å². The molecule has 0 fully saturated rings. The van der Waals surface area contributed by atoms with Crippen LogP contribution in [0, 0.1) is 12.8 Å². The van der Waals surface area contributed by atoms with Crippen molar-refractivity contribution in [3.8, 4) is 11.4 Å². The number of nitrogens with zero attached hydrogens (tertiary/aromatic N) is 3. The molecular formula is C32H38N4O3. The fourth-order valence-electron chi connectivity index (χ4n) is 4.72. The van der Waals surface area contributed by atoms with E-state index in [1.54, 1.807) is 10.6 Å². The van der Waals surface area contributed by atoms with Crippen molar-refractivity contribution in [3.63, 3.8) is 0 Å². The zero-order valence-corrected chi connectivity index (χ0v) is 23.5. The third-order valence-electron chi connectivity index (χ3n) is 6.86. The molecule has 0 saturated heterocycles. The maximum Gasteiger partial charge on any atom is 0.322 e. The normalized spacial score (nSPS) is 11.9. The Balaban J connectivity index is 1.86. The highest BCUT2D eigenvalue weighted by Gasteiger charge is 2.29. The van der Waals surface area contributed by atoms with Gasteiger partial charge in [0.15, 0.2) is 0 Å². The number of hydrogen-bond acceptors (Lipinski definition) is 4. The largest absolute Gasteiger partial charge is 0.494 e. The van der Waals surface area contributed by atoms with Gasteiger partial charge in [-0.2, -0.15) is 0 Å². The quantitative estimate of drug-likeness (QED) is 0.239. The van der Waals surface area contributed by atoms with Gasteiger partial charge in [-0.15, -0.1) is 0 Å². The van der Waals surface area contributed by atoms with Crippen LogP contribution in [0.4, 0.5) is 10.5 Å². The highest BCUT2D eigenvalue weighted by atomic mass is 16.5. The van der Waals surface area contributed by atoms with E-state index in [1.807, 2.05) is 92.4 Å². The maximum absolute atomic E-state index is 13.9. The molecule has 0 aliphatic heterocycles. The van der Waals surface area contributed by atoms with Gasteiger partial charge in [-0.25, -0.2) is 9.78 Å². The van der Waals surface area contributed by atoms with Gasteiger partial charge in [0.2, 0.25) is 0 Å². The Labute approximate surface area is 230 Å². The average Bonchev–Trinajstić information content (AvgIpc) is 2.93. The van der Waals surface area contributed by atoms with Crippen molar-refractivity contribution >= 4 is 22.6 Å². The van der Waals surface area contributed by atoms with Crippen LogP contribution in [0.3, 0.4) is 0 Å². The van der Waals surface area contributed by atoms with Crippen LogP contribution in [-0.2, 0) is 0 Å². The number of fused-ring (bicyclic) bond motifs is 1. The van der Waals surface area contributed by atoms with Gasteiger partial charge in [0.1, 0.15) is 11.6 Å². The molecule has 4 aromatic rings. The molecule has 0 bridgehead atoms. The molecule has 1 N–H and O–H groups in total. The van der Waals surface area contributed by atoms with Crippen molar-refractivity contribution in [3.05, 3.63) is 94.5 Å². The lowest BCUT2D eigenvalue weighted by molar-refractivity contribution is 0.176. The van der Waals surface area contributed by atoms with Crippen LogP contribution in [0.15, 0.2) is 77.6 Å². The zero-order valence-electron chi connectivity index (χ0n) is 23.5. The van der Waals surface area contributed by atoms with Crippen LogP contribution in [0.1, 0.15) is 58.0 Å². The highest BCUT2D eigenvalue weighted by molar-refractivity contribution is 5.90. The lowest BCUT2D eigenvalue weighted by Gasteiger charge is -2.33. The van der Waals surface area contributed by atoms with Gasteiger partial charge in [-0.05, 0) is 80.6 Å². The van der Waals surface area contributed by atoms with Gasteiger partial charge in [-0.1, -0.05) is 51.1 Å². The summed E-state index contributed by atoms with van der Waals surface area (Å²) in [5.74, 6) is 1.66. The zero-order chi connectivity index (χ0) is 27.9. The molecule has 1 unspecified atom stereocenters. The summed E-state index contributed by atoms with van der Waals surface area (Å²) in [5, 5.41) is 3.64. The minimum absolute atomic E-state index is 0.165. The fourth-order valence-corrected chi connectivity index (χ4v) is 4.72. The Morgan fingerprint density at radius 1 is 1.00 bits per heavy atom. The van der Waals surface area contributed by atoms with E-state index in [-0.39, 0.29) is 11.6 Å². The molecule has 1 aromatic heterocycles. The minimum Gasteiger partial charge on any atom is -0.494 e. The summed E-state index contributed by atoms with van der Waals surface area (Å²) in [6, 6.07) is 21.9. The number of para-hydroxylation sites is 2. The Kier molecular flexibility index (Phi) is 9.02.